The molecule has 4 heterocycles. The third-order valence-electron chi connectivity index (χ3n) is 3.12. The van der Waals surface area contributed by atoms with E-state index in [1.165, 1.54) is 11.3 Å². The van der Waals surface area contributed by atoms with Crippen LogP contribution in [0.4, 0.5) is 0 Å². The van der Waals surface area contributed by atoms with Crippen LogP contribution >= 0.6 is 45.3 Å². The van der Waals surface area contributed by atoms with Crippen molar-refractivity contribution in [3.8, 4) is 20.5 Å². The molecule has 0 saturated carbocycles. The lowest BCUT2D eigenvalue weighted by atomic mass is 10.4. The molecule has 0 amide bonds. The second-order valence-electron chi connectivity index (χ2n) is 4.75. The molecule has 4 rings (SSSR count). The molecule has 0 aromatic carbocycles. The molecule has 0 spiro atoms. The van der Waals surface area contributed by atoms with Crippen molar-refractivity contribution in [1.82, 2.24) is 9.97 Å². The quantitative estimate of drug-likeness (QED) is 0.427. The molecule has 4 nitrogen and oxygen atoms in total. The number of rotatable bonds is 5. The van der Waals surface area contributed by atoms with E-state index < -0.39 is 5.97 Å². The van der Waals surface area contributed by atoms with E-state index >= 15 is 0 Å². The van der Waals surface area contributed by atoms with Crippen molar-refractivity contribution in [3.05, 3.63) is 56.5 Å². The molecular formula is C16H10N2O2S4. The van der Waals surface area contributed by atoms with Crippen LogP contribution in [0.15, 0.2) is 45.1 Å². The van der Waals surface area contributed by atoms with Crippen molar-refractivity contribution < 1.29 is 9.53 Å². The number of hydrogen-bond acceptors (Lipinski definition) is 8. The first-order valence-electron chi connectivity index (χ1n) is 6.93. The molecule has 0 N–H and O–H groups in total. The van der Waals surface area contributed by atoms with E-state index in [1.54, 1.807) is 39.4 Å². The average molecular weight is 391 g/mol. The number of carbonyl (C=O) groups is 1. The van der Waals surface area contributed by atoms with Gasteiger partial charge in [0.25, 0.3) is 0 Å². The number of nitrogens with zero attached hydrogens (tertiary/aromatic N) is 2. The Morgan fingerprint density at radius 2 is 1.92 bits per heavy atom. The molecule has 0 bridgehead atoms. The number of thiophene rings is 2. The average Bonchev–Trinajstić information content (AvgIpc) is 3.40. The fraction of sp³-hybridized carbons (Fsp3) is 0.0625. The number of hydrogen-bond donors (Lipinski definition) is 0. The summed E-state index contributed by atoms with van der Waals surface area (Å²) < 4.78 is 5.33. The Balaban J connectivity index is 1.40. The number of ether oxygens (including phenoxy) is 1. The Morgan fingerprint density at radius 3 is 2.71 bits per heavy atom. The van der Waals surface area contributed by atoms with E-state index in [0.717, 1.165) is 26.1 Å². The lowest BCUT2D eigenvalue weighted by Gasteiger charge is -1.99. The molecule has 0 aliphatic rings. The van der Waals surface area contributed by atoms with Crippen molar-refractivity contribution in [2.45, 2.75) is 6.61 Å². The van der Waals surface area contributed by atoms with Gasteiger partial charge < -0.3 is 4.74 Å². The zero-order valence-corrected chi connectivity index (χ0v) is 15.4. The minimum Gasteiger partial charge on any atom is -0.454 e. The molecule has 0 unspecified atom stereocenters. The van der Waals surface area contributed by atoms with Crippen LogP contribution in [0.3, 0.4) is 0 Å². The Labute approximate surface area is 154 Å². The molecule has 0 radical (unpaired) electrons. The van der Waals surface area contributed by atoms with Crippen molar-refractivity contribution >= 4 is 51.3 Å². The van der Waals surface area contributed by atoms with E-state index in [4.69, 9.17) is 4.74 Å². The zero-order chi connectivity index (χ0) is 16.4. The summed E-state index contributed by atoms with van der Waals surface area (Å²) in [6.07, 6.45) is 0. The highest BCUT2D eigenvalue weighted by Crippen LogP contribution is 2.28. The molecule has 0 aliphatic heterocycles. The SMILES string of the molecule is O=C(OCc1csc(-c2ccsc2)n1)c1csc(-c2cccs2)n1. The summed E-state index contributed by atoms with van der Waals surface area (Å²) in [4.78, 5) is 22.0. The van der Waals surface area contributed by atoms with Gasteiger partial charge in [-0.3, -0.25) is 0 Å². The lowest BCUT2D eigenvalue weighted by molar-refractivity contribution is 0.0462. The van der Waals surface area contributed by atoms with E-state index in [9.17, 15) is 4.79 Å². The summed E-state index contributed by atoms with van der Waals surface area (Å²) in [5.41, 5.74) is 2.20. The van der Waals surface area contributed by atoms with Gasteiger partial charge in [0.1, 0.15) is 16.6 Å². The highest BCUT2D eigenvalue weighted by molar-refractivity contribution is 7.20. The summed E-state index contributed by atoms with van der Waals surface area (Å²) in [5, 5.41) is 11.5. The summed E-state index contributed by atoms with van der Waals surface area (Å²) in [6, 6.07) is 5.98. The summed E-state index contributed by atoms with van der Waals surface area (Å²) in [5.74, 6) is -0.417. The predicted octanol–water partition coefficient (Wildman–Crippen LogP) is 5.41. The van der Waals surface area contributed by atoms with Gasteiger partial charge in [0.05, 0.1) is 10.6 Å². The van der Waals surface area contributed by atoms with Crippen LogP contribution < -0.4 is 0 Å². The molecular weight excluding hydrogens is 380 g/mol. The molecule has 8 heteroatoms. The van der Waals surface area contributed by atoms with Crippen molar-refractivity contribution in [1.29, 1.82) is 0 Å². The normalized spacial score (nSPS) is 10.8. The van der Waals surface area contributed by atoms with Gasteiger partial charge in [-0.25, -0.2) is 14.8 Å². The van der Waals surface area contributed by atoms with Crippen molar-refractivity contribution in [3.63, 3.8) is 0 Å². The standard InChI is InChI=1S/C16H10N2O2S4/c19-16(12-9-24-15(18-12)13-2-1-4-22-13)20-6-11-8-23-14(17-11)10-3-5-21-7-10/h1-5,7-9H,6H2. The highest BCUT2D eigenvalue weighted by Gasteiger charge is 2.15. The van der Waals surface area contributed by atoms with Crippen LogP contribution in [-0.2, 0) is 11.3 Å². The first-order chi connectivity index (χ1) is 11.8. The fourth-order valence-electron chi connectivity index (χ4n) is 1.99. The molecule has 120 valence electrons. The third kappa shape index (κ3) is 3.32. The maximum Gasteiger partial charge on any atom is 0.358 e. The first kappa shape index (κ1) is 15.6. The molecule has 0 aliphatic carbocycles. The largest absolute Gasteiger partial charge is 0.454 e. The predicted molar refractivity (Wildman–Crippen MR) is 100.0 cm³/mol. The van der Waals surface area contributed by atoms with Crippen LogP contribution in [0.25, 0.3) is 20.5 Å². The van der Waals surface area contributed by atoms with E-state index in [1.807, 2.05) is 34.3 Å². The number of carbonyl (C=O) groups excluding carboxylic acids is 1. The highest BCUT2D eigenvalue weighted by atomic mass is 32.1. The molecule has 0 saturated heterocycles. The van der Waals surface area contributed by atoms with Crippen LogP contribution in [0, 0.1) is 0 Å². The van der Waals surface area contributed by atoms with Gasteiger partial charge in [-0.2, -0.15) is 11.3 Å². The summed E-state index contributed by atoms with van der Waals surface area (Å²) in [6.45, 7) is 0.158. The maximum atomic E-state index is 12.1. The second-order valence-corrected chi connectivity index (χ2v) is 8.19. The smallest absolute Gasteiger partial charge is 0.358 e. The Morgan fingerprint density at radius 1 is 1.00 bits per heavy atom. The molecule has 0 atom stereocenters. The zero-order valence-electron chi connectivity index (χ0n) is 12.2. The van der Waals surface area contributed by atoms with Gasteiger partial charge in [0.2, 0.25) is 0 Å². The molecule has 0 fully saturated rings. The minimum absolute atomic E-state index is 0.158. The number of esters is 1. The molecule has 4 aromatic heterocycles. The van der Waals surface area contributed by atoms with Crippen LogP contribution in [0.2, 0.25) is 0 Å². The van der Waals surface area contributed by atoms with Gasteiger partial charge in [0, 0.05) is 21.7 Å². The minimum atomic E-state index is -0.417. The maximum absolute atomic E-state index is 12.1. The topological polar surface area (TPSA) is 52.1 Å². The Hall–Kier alpha value is -1.87. The summed E-state index contributed by atoms with van der Waals surface area (Å²) >= 11 is 6.23. The summed E-state index contributed by atoms with van der Waals surface area (Å²) in [7, 11) is 0. The Bertz CT molecular complexity index is 939. The third-order valence-corrected chi connectivity index (χ3v) is 6.62. The van der Waals surface area contributed by atoms with Crippen LogP contribution in [0.1, 0.15) is 16.2 Å². The monoisotopic (exact) mass is 390 g/mol. The van der Waals surface area contributed by atoms with Gasteiger partial charge in [-0.1, -0.05) is 6.07 Å². The lowest BCUT2D eigenvalue weighted by Crippen LogP contribution is -2.05. The number of aromatic nitrogens is 2. The van der Waals surface area contributed by atoms with Gasteiger partial charge in [-0.15, -0.1) is 34.0 Å². The van der Waals surface area contributed by atoms with E-state index in [0.29, 0.717) is 5.69 Å². The van der Waals surface area contributed by atoms with Gasteiger partial charge in [0.15, 0.2) is 5.69 Å². The molecule has 4 aromatic rings. The van der Waals surface area contributed by atoms with Gasteiger partial charge in [-0.05, 0) is 22.9 Å². The number of thiazole rings is 2. The first-order valence-corrected chi connectivity index (χ1v) is 10.5. The van der Waals surface area contributed by atoms with Crippen LogP contribution in [0.5, 0.6) is 0 Å². The second kappa shape index (κ2) is 6.94. The molecule has 24 heavy (non-hydrogen) atoms. The van der Waals surface area contributed by atoms with E-state index in [-0.39, 0.29) is 6.61 Å². The van der Waals surface area contributed by atoms with Crippen molar-refractivity contribution in [2.24, 2.45) is 0 Å². The van der Waals surface area contributed by atoms with Crippen LogP contribution in [-0.4, -0.2) is 15.9 Å². The Kier molecular flexibility index (Phi) is 4.52. The van der Waals surface area contributed by atoms with Gasteiger partial charge >= 0.3 is 5.97 Å². The fourth-order valence-corrected chi connectivity index (χ4v) is 5.11. The van der Waals surface area contributed by atoms with E-state index in [2.05, 4.69) is 15.3 Å². The van der Waals surface area contributed by atoms with Crippen molar-refractivity contribution in [2.75, 3.05) is 0 Å².